The van der Waals surface area contributed by atoms with Crippen LogP contribution in [0.5, 0.6) is 5.75 Å². The fourth-order valence-electron chi connectivity index (χ4n) is 3.73. The summed E-state index contributed by atoms with van der Waals surface area (Å²) in [5.74, 6) is -1.28. The van der Waals surface area contributed by atoms with E-state index in [0.29, 0.717) is 27.3 Å². The van der Waals surface area contributed by atoms with E-state index in [2.05, 4.69) is 10.3 Å². The van der Waals surface area contributed by atoms with Gasteiger partial charge in [-0.3, -0.25) is 9.59 Å². The van der Waals surface area contributed by atoms with Crippen LogP contribution in [0.3, 0.4) is 0 Å². The summed E-state index contributed by atoms with van der Waals surface area (Å²) in [6.07, 6.45) is -2.84. The number of alkyl halides is 2. The molecular formula is C26H18F3N3O4S2. The smallest absolute Gasteiger partial charge is 0.291 e. The number of carbonyl (C=O) groups excluding carboxylic acids is 2. The van der Waals surface area contributed by atoms with Crippen LogP contribution in [0.25, 0.3) is 20.7 Å². The van der Waals surface area contributed by atoms with Gasteiger partial charge in [-0.1, -0.05) is 0 Å². The van der Waals surface area contributed by atoms with Gasteiger partial charge in [-0.25, -0.2) is 18.2 Å². The number of halogens is 3. The van der Waals surface area contributed by atoms with E-state index in [1.807, 2.05) is 13.0 Å². The van der Waals surface area contributed by atoms with Crippen molar-refractivity contribution >= 4 is 50.4 Å². The van der Waals surface area contributed by atoms with E-state index in [9.17, 15) is 22.8 Å². The van der Waals surface area contributed by atoms with Gasteiger partial charge in [0.1, 0.15) is 39.3 Å². The molecule has 12 heteroatoms. The van der Waals surface area contributed by atoms with Gasteiger partial charge in [-0.2, -0.15) is 0 Å². The van der Waals surface area contributed by atoms with Gasteiger partial charge in [-0.15, -0.1) is 22.7 Å². The lowest BCUT2D eigenvalue weighted by Gasteiger charge is -2.09. The van der Waals surface area contributed by atoms with Crippen LogP contribution < -0.4 is 15.8 Å². The average Bonchev–Trinajstić information content (AvgIpc) is 3.62. The molecule has 0 saturated heterocycles. The zero-order valence-corrected chi connectivity index (χ0v) is 21.2. The second kappa shape index (κ2) is 10.3. The predicted octanol–water partition coefficient (Wildman–Crippen LogP) is 6.93. The first kappa shape index (κ1) is 25.5. The van der Waals surface area contributed by atoms with E-state index in [1.165, 1.54) is 53.8 Å². The maximum absolute atomic E-state index is 13.6. The van der Waals surface area contributed by atoms with E-state index in [4.69, 9.17) is 14.9 Å². The molecule has 0 radical (unpaired) electrons. The van der Waals surface area contributed by atoms with Crippen LogP contribution in [0.15, 0.2) is 59.0 Å². The fraction of sp³-hybridized carbons (Fsp3) is 0.115. The zero-order chi connectivity index (χ0) is 27.0. The second-order valence-electron chi connectivity index (χ2n) is 8.12. The summed E-state index contributed by atoms with van der Waals surface area (Å²) in [4.78, 5) is 31.1. The predicted molar refractivity (Wildman–Crippen MR) is 139 cm³/mol. The first-order valence-corrected chi connectivity index (χ1v) is 12.7. The number of ether oxygens (including phenoxy) is 1. The number of hydrogen-bond donors (Lipinski definition) is 2. The van der Waals surface area contributed by atoms with Gasteiger partial charge in [0.05, 0.1) is 5.69 Å². The molecule has 0 saturated carbocycles. The number of anilines is 1. The minimum atomic E-state index is -2.84. The van der Waals surface area contributed by atoms with Gasteiger partial charge in [0.2, 0.25) is 0 Å². The first-order valence-electron chi connectivity index (χ1n) is 11.1. The maximum Gasteiger partial charge on any atom is 0.291 e. The molecule has 38 heavy (non-hydrogen) atoms. The van der Waals surface area contributed by atoms with E-state index in [1.54, 1.807) is 6.07 Å². The van der Waals surface area contributed by atoms with E-state index in [0.717, 1.165) is 16.2 Å². The number of hydrogen-bond acceptors (Lipinski definition) is 7. The molecule has 0 aliphatic rings. The van der Waals surface area contributed by atoms with Crippen molar-refractivity contribution in [2.75, 3.05) is 5.32 Å². The van der Waals surface area contributed by atoms with Crippen molar-refractivity contribution in [3.63, 3.8) is 0 Å². The maximum atomic E-state index is 13.6. The molecule has 2 amide bonds. The number of fused-ring (bicyclic) bond motifs is 1. The Balaban J connectivity index is 1.48. The number of carbonyl (C=O) groups is 2. The average molecular weight is 558 g/mol. The van der Waals surface area contributed by atoms with Crippen LogP contribution in [-0.4, -0.2) is 16.8 Å². The summed E-state index contributed by atoms with van der Waals surface area (Å²) in [5, 5.41) is 2.99. The van der Waals surface area contributed by atoms with Crippen LogP contribution >= 0.6 is 22.7 Å². The molecule has 0 atom stereocenters. The molecule has 3 N–H and O–H groups in total. The summed E-state index contributed by atoms with van der Waals surface area (Å²) in [7, 11) is 0. The molecule has 5 rings (SSSR count). The summed E-state index contributed by atoms with van der Waals surface area (Å²) in [6, 6.07) is 13.2. The highest BCUT2D eigenvalue weighted by molar-refractivity contribution is 7.21. The van der Waals surface area contributed by atoms with Crippen LogP contribution in [0, 0.1) is 12.7 Å². The Morgan fingerprint density at radius 3 is 2.53 bits per heavy atom. The summed E-state index contributed by atoms with van der Waals surface area (Å²) in [5.41, 5.74) is 5.59. The van der Waals surface area contributed by atoms with Gasteiger partial charge >= 0.3 is 0 Å². The standard InChI is InChI=1S/C26H18F3N3O4S2/c1-12-2-9-19(37-12)16-10-17(23(28)29)31-26-20(16)21(22(38-26)24(30)33)32-25(34)18-8-7-15(36-18)11-35-14-5-3-13(27)4-6-14/h2-10,23H,11H2,1H3,(H2,30,33)(H,32,34). The SMILES string of the molecule is Cc1ccc(-c2cc(C(F)F)nc3sc(C(N)=O)c(NC(=O)c4ccc(COc5ccc(F)cc5)o4)c23)s1. The fourth-order valence-corrected chi connectivity index (χ4v) is 5.64. The Bertz CT molecular complexity index is 1660. The molecule has 0 aliphatic heterocycles. The molecule has 0 spiro atoms. The Labute approximate surface area is 221 Å². The van der Waals surface area contributed by atoms with Gasteiger partial charge in [0.15, 0.2) is 5.76 Å². The van der Waals surface area contributed by atoms with Crippen LogP contribution in [0.2, 0.25) is 0 Å². The van der Waals surface area contributed by atoms with Gasteiger partial charge in [0, 0.05) is 20.7 Å². The molecule has 194 valence electrons. The quantitative estimate of drug-likeness (QED) is 0.215. The second-order valence-corrected chi connectivity index (χ2v) is 10.4. The van der Waals surface area contributed by atoms with Crippen molar-refractivity contribution < 1.29 is 31.9 Å². The van der Waals surface area contributed by atoms with Crippen molar-refractivity contribution in [3.05, 3.63) is 87.4 Å². The first-order chi connectivity index (χ1) is 18.2. The van der Waals surface area contributed by atoms with Crippen LogP contribution in [0.4, 0.5) is 18.9 Å². The number of aryl methyl sites for hydroxylation is 1. The molecule has 5 aromatic rings. The Hall–Kier alpha value is -4.16. The lowest BCUT2D eigenvalue weighted by molar-refractivity contribution is 0.0992. The highest BCUT2D eigenvalue weighted by atomic mass is 32.1. The Kier molecular flexibility index (Phi) is 6.91. The van der Waals surface area contributed by atoms with Crippen molar-refractivity contribution in [2.24, 2.45) is 5.73 Å². The normalized spacial score (nSPS) is 11.3. The van der Waals surface area contributed by atoms with Crippen LogP contribution in [-0.2, 0) is 6.61 Å². The third kappa shape index (κ3) is 5.13. The van der Waals surface area contributed by atoms with Crippen LogP contribution in [0.1, 0.15) is 43.0 Å². The number of furan rings is 1. The van der Waals surface area contributed by atoms with Crippen molar-refractivity contribution in [2.45, 2.75) is 20.0 Å². The number of benzene rings is 1. The summed E-state index contributed by atoms with van der Waals surface area (Å²) >= 11 is 2.20. The number of primary amides is 1. The zero-order valence-electron chi connectivity index (χ0n) is 19.6. The molecule has 4 aromatic heterocycles. The van der Waals surface area contributed by atoms with Gasteiger partial charge in [-0.05, 0) is 61.5 Å². The Morgan fingerprint density at radius 1 is 1.11 bits per heavy atom. The number of pyridine rings is 1. The highest BCUT2D eigenvalue weighted by Crippen LogP contribution is 2.44. The lowest BCUT2D eigenvalue weighted by Crippen LogP contribution is -2.16. The number of rotatable bonds is 8. The summed E-state index contributed by atoms with van der Waals surface area (Å²) < 4.78 is 51.4. The molecule has 1 aromatic carbocycles. The van der Waals surface area contributed by atoms with E-state index >= 15 is 0 Å². The minimum absolute atomic E-state index is 0.0188. The number of nitrogens with two attached hydrogens (primary N) is 1. The monoisotopic (exact) mass is 557 g/mol. The Morgan fingerprint density at radius 2 is 1.87 bits per heavy atom. The number of nitrogens with zero attached hydrogens (tertiary/aromatic N) is 1. The van der Waals surface area contributed by atoms with E-state index in [-0.39, 0.29) is 27.8 Å². The minimum Gasteiger partial charge on any atom is -0.486 e. The number of amides is 2. The molecule has 0 unspecified atom stereocenters. The van der Waals surface area contributed by atoms with Gasteiger partial charge in [0.25, 0.3) is 18.2 Å². The lowest BCUT2D eigenvalue weighted by atomic mass is 10.1. The third-order valence-corrected chi connectivity index (χ3v) is 7.59. The highest BCUT2D eigenvalue weighted by Gasteiger charge is 2.26. The van der Waals surface area contributed by atoms with Gasteiger partial charge < -0.3 is 20.2 Å². The molecule has 0 aliphatic carbocycles. The van der Waals surface area contributed by atoms with E-state index < -0.39 is 29.8 Å². The molecule has 0 bridgehead atoms. The van der Waals surface area contributed by atoms with Crippen molar-refractivity contribution in [3.8, 4) is 16.2 Å². The molecule has 7 nitrogen and oxygen atoms in total. The topological polar surface area (TPSA) is 107 Å². The molecule has 0 fully saturated rings. The molecular weight excluding hydrogens is 539 g/mol. The number of nitrogens with one attached hydrogen (secondary N) is 1. The summed E-state index contributed by atoms with van der Waals surface area (Å²) in [6.45, 7) is 1.86. The van der Waals surface area contributed by atoms with Crippen molar-refractivity contribution in [1.29, 1.82) is 0 Å². The third-order valence-electron chi connectivity index (χ3n) is 5.45. The molecule has 4 heterocycles. The number of aromatic nitrogens is 1. The number of thiophene rings is 2. The van der Waals surface area contributed by atoms with Crippen molar-refractivity contribution in [1.82, 2.24) is 4.98 Å². The largest absolute Gasteiger partial charge is 0.486 e.